The van der Waals surface area contributed by atoms with E-state index < -0.39 is 0 Å². The Kier molecular flexibility index (Phi) is 3.14. The van der Waals surface area contributed by atoms with Crippen LogP contribution >= 0.6 is 15.9 Å². The molecule has 0 radical (unpaired) electrons. The van der Waals surface area contributed by atoms with Crippen molar-refractivity contribution >= 4 is 27.5 Å². The number of fused-ring (bicyclic) bond motifs is 1. The topological polar surface area (TPSA) is 46.9 Å². The molecule has 0 saturated carbocycles. The second-order valence-corrected chi connectivity index (χ2v) is 5.60. The smallest absolute Gasteiger partial charge is 0.273 e. The van der Waals surface area contributed by atoms with Crippen molar-refractivity contribution in [2.75, 3.05) is 5.32 Å². The monoisotopic (exact) mass is 319 g/mol. The van der Waals surface area contributed by atoms with Gasteiger partial charge in [0.05, 0.1) is 5.69 Å². The summed E-state index contributed by atoms with van der Waals surface area (Å²) in [7, 11) is 1.76. The van der Waals surface area contributed by atoms with Crippen LogP contribution < -0.4 is 5.32 Å². The van der Waals surface area contributed by atoms with Gasteiger partial charge in [0.15, 0.2) is 0 Å². The number of amides is 1. The summed E-state index contributed by atoms with van der Waals surface area (Å²) in [5, 5.41) is 6.94. The molecule has 0 spiro atoms. The lowest BCUT2D eigenvalue weighted by molar-refractivity contribution is 0.101. The predicted octanol–water partition coefficient (Wildman–Crippen LogP) is 2.92. The van der Waals surface area contributed by atoms with Gasteiger partial charge < -0.3 is 5.32 Å². The average Bonchev–Trinajstić information content (AvgIpc) is 2.98. The Morgan fingerprint density at radius 3 is 2.79 bits per heavy atom. The number of carbonyl (C=O) groups is 1. The van der Waals surface area contributed by atoms with Gasteiger partial charge in [-0.25, -0.2) is 0 Å². The van der Waals surface area contributed by atoms with Crippen molar-refractivity contribution in [2.24, 2.45) is 7.05 Å². The summed E-state index contributed by atoms with van der Waals surface area (Å²) in [5.74, 6) is -0.140. The molecule has 1 aromatic heterocycles. The molecule has 98 valence electrons. The van der Waals surface area contributed by atoms with Gasteiger partial charge in [0, 0.05) is 17.7 Å². The summed E-state index contributed by atoms with van der Waals surface area (Å²) in [6, 6.07) is 5.89. The van der Waals surface area contributed by atoms with Crippen molar-refractivity contribution < 1.29 is 4.79 Å². The summed E-state index contributed by atoms with van der Waals surface area (Å²) in [6.45, 7) is 0. The van der Waals surface area contributed by atoms with Crippen LogP contribution in [0.2, 0.25) is 0 Å². The molecule has 5 heteroatoms. The fourth-order valence-electron chi connectivity index (χ4n) is 2.47. The molecule has 1 amide bonds. The molecule has 1 aromatic carbocycles. The maximum Gasteiger partial charge on any atom is 0.273 e. The molecule has 3 rings (SSSR count). The molecule has 0 atom stereocenters. The highest BCUT2D eigenvalue weighted by Crippen LogP contribution is 2.31. The maximum absolute atomic E-state index is 12.2. The van der Waals surface area contributed by atoms with Crippen molar-refractivity contribution in [1.29, 1.82) is 0 Å². The van der Waals surface area contributed by atoms with Crippen molar-refractivity contribution in [3.8, 4) is 0 Å². The van der Waals surface area contributed by atoms with Gasteiger partial charge in [-0.2, -0.15) is 5.10 Å². The molecule has 1 heterocycles. The zero-order valence-corrected chi connectivity index (χ0v) is 12.2. The van der Waals surface area contributed by atoms with Crippen LogP contribution in [0.4, 0.5) is 5.69 Å². The van der Waals surface area contributed by atoms with E-state index in [2.05, 4.69) is 38.5 Å². The minimum absolute atomic E-state index is 0.140. The molecule has 0 saturated heterocycles. The average molecular weight is 320 g/mol. The van der Waals surface area contributed by atoms with E-state index in [0.717, 1.165) is 23.0 Å². The third-order valence-corrected chi connectivity index (χ3v) is 4.14. The fourth-order valence-corrected chi connectivity index (χ4v) is 2.96. The van der Waals surface area contributed by atoms with E-state index in [1.165, 1.54) is 17.5 Å². The highest BCUT2D eigenvalue weighted by molar-refractivity contribution is 9.10. The molecule has 2 aromatic rings. The third kappa shape index (κ3) is 2.30. The van der Waals surface area contributed by atoms with E-state index in [1.54, 1.807) is 24.0 Å². The number of aromatic nitrogens is 2. The van der Waals surface area contributed by atoms with Gasteiger partial charge >= 0.3 is 0 Å². The second kappa shape index (κ2) is 4.81. The first-order valence-corrected chi connectivity index (χ1v) is 7.05. The molecule has 0 aliphatic heterocycles. The Balaban J connectivity index is 1.88. The zero-order chi connectivity index (χ0) is 13.4. The Morgan fingerprint density at radius 2 is 2.11 bits per heavy atom. The largest absolute Gasteiger partial charge is 0.320 e. The molecule has 1 N–H and O–H groups in total. The van der Waals surface area contributed by atoms with Crippen LogP contribution in [-0.4, -0.2) is 15.7 Å². The Labute approximate surface area is 119 Å². The molecule has 0 unspecified atom stereocenters. The van der Waals surface area contributed by atoms with Crippen molar-refractivity contribution in [1.82, 2.24) is 9.78 Å². The van der Waals surface area contributed by atoms with E-state index in [-0.39, 0.29) is 5.91 Å². The van der Waals surface area contributed by atoms with Gasteiger partial charge in [-0.05, 0) is 64.5 Å². The number of anilines is 1. The normalized spacial score (nSPS) is 13.4. The number of halogens is 1. The first-order chi connectivity index (χ1) is 9.15. The molecular formula is C14H14BrN3O. The number of hydrogen-bond acceptors (Lipinski definition) is 2. The van der Waals surface area contributed by atoms with Crippen molar-refractivity contribution in [3.05, 3.63) is 45.7 Å². The van der Waals surface area contributed by atoms with Gasteiger partial charge in [0.1, 0.15) is 5.69 Å². The van der Waals surface area contributed by atoms with E-state index >= 15 is 0 Å². The van der Waals surface area contributed by atoms with E-state index in [4.69, 9.17) is 0 Å². The lowest BCUT2D eigenvalue weighted by Gasteiger charge is -2.10. The summed E-state index contributed by atoms with van der Waals surface area (Å²) < 4.78 is 2.50. The number of nitrogens with zero attached hydrogens (tertiary/aromatic N) is 2. The van der Waals surface area contributed by atoms with Crippen LogP contribution in [0.3, 0.4) is 0 Å². The van der Waals surface area contributed by atoms with Crippen molar-refractivity contribution in [3.63, 3.8) is 0 Å². The standard InChI is InChI=1S/C14H14BrN3O/c1-18-13(5-6-16-18)14(19)17-12-8-10-4-2-3-9(10)7-11(12)15/h5-8H,2-4H2,1H3,(H,17,19). The number of benzene rings is 1. The summed E-state index contributed by atoms with van der Waals surface area (Å²) in [5.41, 5.74) is 4.09. The molecule has 1 aliphatic rings. The molecule has 4 nitrogen and oxygen atoms in total. The van der Waals surface area contributed by atoms with Crippen LogP contribution in [0.5, 0.6) is 0 Å². The van der Waals surface area contributed by atoms with Crippen LogP contribution in [0.25, 0.3) is 0 Å². The van der Waals surface area contributed by atoms with Gasteiger partial charge in [0.2, 0.25) is 0 Å². The van der Waals surface area contributed by atoms with E-state index in [0.29, 0.717) is 5.69 Å². The summed E-state index contributed by atoms with van der Waals surface area (Å²) in [4.78, 5) is 12.2. The molecule has 0 fully saturated rings. The van der Waals surface area contributed by atoms with Gasteiger partial charge in [0.25, 0.3) is 5.91 Å². The quantitative estimate of drug-likeness (QED) is 0.925. The minimum atomic E-state index is -0.140. The maximum atomic E-state index is 12.2. The fraction of sp³-hybridized carbons (Fsp3) is 0.286. The third-order valence-electron chi connectivity index (χ3n) is 3.48. The highest BCUT2D eigenvalue weighted by atomic mass is 79.9. The molecule has 1 aliphatic carbocycles. The van der Waals surface area contributed by atoms with Gasteiger partial charge in [-0.1, -0.05) is 0 Å². The van der Waals surface area contributed by atoms with Crippen LogP contribution in [-0.2, 0) is 19.9 Å². The number of nitrogens with one attached hydrogen (secondary N) is 1. The summed E-state index contributed by atoms with van der Waals surface area (Å²) in [6.07, 6.45) is 5.04. The first-order valence-electron chi connectivity index (χ1n) is 6.26. The second-order valence-electron chi connectivity index (χ2n) is 4.75. The van der Waals surface area contributed by atoms with Gasteiger partial charge in [-0.15, -0.1) is 0 Å². The van der Waals surface area contributed by atoms with E-state index in [1.807, 2.05) is 0 Å². The summed E-state index contributed by atoms with van der Waals surface area (Å²) >= 11 is 3.52. The first kappa shape index (κ1) is 12.4. The van der Waals surface area contributed by atoms with Crippen LogP contribution in [0, 0.1) is 0 Å². The Bertz CT molecular complexity index is 648. The Morgan fingerprint density at radius 1 is 1.37 bits per heavy atom. The number of aryl methyl sites for hydroxylation is 3. The lowest BCUT2D eigenvalue weighted by atomic mass is 10.1. The zero-order valence-electron chi connectivity index (χ0n) is 10.6. The predicted molar refractivity (Wildman–Crippen MR) is 77.3 cm³/mol. The molecular weight excluding hydrogens is 306 g/mol. The molecule has 19 heavy (non-hydrogen) atoms. The number of rotatable bonds is 2. The molecule has 0 bridgehead atoms. The van der Waals surface area contributed by atoms with Crippen LogP contribution in [0.15, 0.2) is 28.9 Å². The SMILES string of the molecule is Cn1nccc1C(=O)Nc1cc2c(cc1Br)CCC2. The Hall–Kier alpha value is -1.62. The van der Waals surface area contributed by atoms with E-state index in [9.17, 15) is 4.79 Å². The number of hydrogen-bond donors (Lipinski definition) is 1. The van der Waals surface area contributed by atoms with Gasteiger partial charge in [-0.3, -0.25) is 9.48 Å². The highest BCUT2D eigenvalue weighted by Gasteiger charge is 2.16. The minimum Gasteiger partial charge on any atom is -0.320 e. The lowest BCUT2D eigenvalue weighted by Crippen LogP contribution is -2.16. The van der Waals surface area contributed by atoms with Crippen LogP contribution in [0.1, 0.15) is 28.0 Å². The number of carbonyl (C=O) groups excluding carboxylic acids is 1. The van der Waals surface area contributed by atoms with Crippen molar-refractivity contribution in [2.45, 2.75) is 19.3 Å².